The Labute approximate surface area is 109 Å². The third kappa shape index (κ3) is 2.78. The van der Waals surface area contributed by atoms with Crippen LogP contribution >= 0.6 is 0 Å². The van der Waals surface area contributed by atoms with Gasteiger partial charge in [0.2, 0.25) is 0 Å². The summed E-state index contributed by atoms with van der Waals surface area (Å²) in [4.78, 5) is 0. The number of rotatable bonds is 4. The molecule has 3 heteroatoms. The molecule has 1 unspecified atom stereocenters. The van der Waals surface area contributed by atoms with Crippen LogP contribution in [-0.4, -0.2) is 26.4 Å². The third-order valence-electron chi connectivity index (χ3n) is 3.23. The van der Waals surface area contributed by atoms with Gasteiger partial charge in [0.1, 0.15) is 12.7 Å². The second-order valence-corrected chi connectivity index (χ2v) is 4.35. The highest BCUT2D eigenvalue weighted by Gasteiger charge is 2.25. The summed E-state index contributed by atoms with van der Waals surface area (Å²) in [6, 6.07) is 4.18. The molecule has 0 saturated carbocycles. The fraction of sp³-hybridized carbons (Fsp3) is 0.600. The maximum absolute atomic E-state index is 5.73. The summed E-state index contributed by atoms with van der Waals surface area (Å²) in [7, 11) is 1.72. The predicted molar refractivity (Wildman–Crippen MR) is 71.6 cm³/mol. The largest absolute Gasteiger partial charge is 0.493 e. The van der Waals surface area contributed by atoms with Crippen LogP contribution in [0.4, 0.5) is 0 Å². The number of ether oxygens (including phenoxy) is 3. The minimum Gasteiger partial charge on any atom is -0.493 e. The maximum Gasteiger partial charge on any atom is 0.164 e. The van der Waals surface area contributed by atoms with Crippen LogP contribution in [0.15, 0.2) is 12.1 Å². The molecule has 0 aromatic heterocycles. The zero-order chi connectivity index (χ0) is 13.0. The number of hydrogen-bond donors (Lipinski definition) is 0. The van der Waals surface area contributed by atoms with E-state index in [-0.39, 0.29) is 6.10 Å². The molecule has 1 aromatic carbocycles. The molecule has 0 amide bonds. The number of methoxy groups -OCH3 is 1. The van der Waals surface area contributed by atoms with Crippen molar-refractivity contribution in [2.45, 2.75) is 39.2 Å². The maximum atomic E-state index is 5.73. The van der Waals surface area contributed by atoms with Crippen molar-refractivity contribution in [3.8, 4) is 11.5 Å². The lowest BCUT2D eigenvalue weighted by atomic mass is 10.1. The first-order valence-electron chi connectivity index (χ1n) is 6.81. The van der Waals surface area contributed by atoms with Crippen molar-refractivity contribution in [2.24, 2.45) is 0 Å². The molecule has 3 rings (SSSR count). The SMILES string of the molecule is CC.COc1c(OCC2CO2)ccc2c1CCC2. The van der Waals surface area contributed by atoms with Gasteiger partial charge in [0, 0.05) is 5.56 Å². The van der Waals surface area contributed by atoms with Crippen LogP contribution in [0.1, 0.15) is 31.4 Å². The van der Waals surface area contributed by atoms with Crippen molar-refractivity contribution < 1.29 is 14.2 Å². The van der Waals surface area contributed by atoms with E-state index in [1.54, 1.807) is 7.11 Å². The quantitative estimate of drug-likeness (QED) is 0.770. The second-order valence-electron chi connectivity index (χ2n) is 4.35. The van der Waals surface area contributed by atoms with Crippen LogP contribution in [0, 0.1) is 0 Å². The molecule has 1 aliphatic carbocycles. The molecule has 18 heavy (non-hydrogen) atoms. The van der Waals surface area contributed by atoms with Gasteiger partial charge in [-0.15, -0.1) is 0 Å². The summed E-state index contributed by atoms with van der Waals surface area (Å²) < 4.78 is 16.3. The highest BCUT2D eigenvalue weighted by atomic mass is 16.6. The molecule has 1 aliphatic heterocycles. The van der Waals surface area contributed by atoms with Crippen LogP contribution in [0.3, 0.4) is 0 Å². The second kappa shape index (κ2) is 6.10. The van der Waals surface area contributed by atoms with Gasteiger partial charge in [-0.25, -0.2) is 0 Å². The molecular weight excluding hydrogens is 228 g/mol. The third-order valence-corrected chi connectivity index (χ3v) is 3.23. The first-order chi connectivity index (χ1) is 8.88. The van der Waals surface area contributed by atoms with Crippen molar-refractivity contribution in [3.05, 3.63) is 23.3 Å². The van der Waals surface area contributed by atoms with Crippen molar-refractivity contribution in [1.82, 2.24) is 0 Å². The average Bonchev–Trinajstić information content (AvgIpc) is 3.13. The molecule has 1 atom stereocenters. The topological polar surface area (TPSA) is 31.0 Å². The lowest BCUT2D eigenvalue weighted by Gasteiger charge is -2.13. The van der Waals surface area contributed by atoms with E-state index in [9.17, 15) is 0 Å². The fourth-order valence-electron chi connectivity index (χ4n) is 2.30. The van der Waals surface area contributed by atoms with Gasteiger partial charge in [-0.05, 0) is 30.9 Å². The molecular formula is C15H22O3. The van der Waals surface area contributed by atoms with E-state index < -0.39 is 0 Å². The number of epoxide rings is 1. The lowest BCUT2D eigenvalue weighted by molar-refractivity contribution is 0.251. The summed E-state index contributed by atoms with van der Waals surface area (Å²) in [5, 5.41) is 0. The predicted octanol–water partition coefficient (Wildman–Crippen LogP) is 2.99. The molecule has 1 aromatic rings. The first kappa shape index (κ1) is 13.2. The van der Waals surface area contributed by atoms with Gasteiger partial charge in [0.25, 0.3) is 0 Å². The minimum atomic E-state index is 0.290. The summed E-state index contributed by atoms with van der Waals surface area (Å²) in [6.45, 7) is 5.46. The molecule has 3 nitrogen and oxygen atoms in total. The molecule has 1 saturated heterocycles. The highest BCUT2D eigenvalue weighted by Crippen LogP contribution is 2.38. The van der Waals surface area contributed by atoms with E-state index in [4.69, 9.17) is 14.2 Å². The molecule has 0 spiro atoms. The Kier molecular flexibility index (Phi) is 4.48. The van der Waals surface area contributed by atoms with E-state index in [1.807, 2.05) is 19.9 Å². The molecule has 0 radical (unpaired) electrons. The zero-order valence-electron chi connectivity index (χ0n) is 11.5. The van der Waals surface area contributed by atoms with Gasteiger partial charge in [0.15, 0.2) is 11.5 Å². The van der Waals surface area contributed by atoms with Gasteiger partial charge in [0.05, 0.1) is 13.7 Å². The van der Waals surface area contributed by atoms with E-state index >= 15 is 0 Å². The normalized spacial score (nSPS) is 19.6. The number of aryl methyl sites for hydroxylation is 1. The minimum absolute atomic E-state index is 0.290. The van der Waals surface area contributed by atoms with Crippen molar-refractivity contribution in [2.75, 3.05) is 20.3 Å². The van der Waals surface area contributed by atoms with Crippen LogP contribution < -0.4 is 9.47 Å². The molecule has 0 bridgehead atoms. The van der Waals surface area contributed by atoms with Crippen molar-refractivity contribution in [3.63, 3.8) is 0 Å². The van der Waals surface area contributed by atoms with E-state index in [2.05, 4.69) is 6.07 Å². The van der Waals surface area contributed by atoms with Gasteiger partial charge in [-0.2, -0.15) is 0 Å². The number of benzene rings is 1. The van der Waals surface area contributed by atoms with Crippen LogP contribution in [0.2, 0.25) is 0 Å². The van der Waals surface area contributed by atoms with Crippen LogP contribution in [0.5, 0.6) is 11.5 Å². The first-order valence-corrected chi connectivity index (χ1v) is 6.81. The molecule has 2 aliphatic rings. The Morgan fingerprint density at radius 2 is 2.06 bits per heavy atom. The average molecular weight is 250 g/mol. The monoisotopic (exact) mass is 250 g/mol. The molecule has 1 heterocycles. The fourth-order valence-corrected chi connectivity index (χ4v) is 2.30. The van der Waals surface area contributed by atoms with Gasteiger partial charge >= 0.3 is 0 Å². The Balaban J connectivity index is 0.000000574. The Morgan fingerprint density at radius 1 is 1.28 bits per heavy atom. The molecule has 1 fully saturated rings. The Hall–Kier alpha value is -1.22. The summed E-state index contributed by atoms with van der Waals surface area (Å²) in [6.07, 6.45) is 3.78. The number of hydrogen-bond acceptors (Lipinski definition) is 3. The number of fused-ring (bicyclic) bond motifs is 1. The Bertz CT molecular complexity index is 397. The summed E-state index contributed by atoms with van der Waals surface area (Å²) in [5.41, 5.74) is 2.74. The lowest BCUT2D eigenvalue weighted by Crippen LogP contribution is -2.06. The van der Waals surface area contributed by atoms with Gasteiger partial charge in [-0.1, -0.05) is 19.9 Å². The van der Waals surface area contributed by atoms with Crippen LogP contribution in [0.25, 0.3) is 0 Å². The molecule has 0 N–H and O–H groups in total. The Morgan fingerprint density at radius 3 is 2.72 bits per heavy atom. The van der Waals surface area contributed by atoms with Gasteiger partial charge in [-0.3, -0.25) is 0 Å². The smallest absolute Gasteiger partial charge is 0.164 e. The standard InChI is InChI=1S/C13H16O3.C2H6/c1-14-13-11-4-2-3-9(11)5-6-12(13)16-8-10-7-15-10;1-2/h5-6,10H,2-4,7-8H2,1H3;1-2H3. The molecule has 100 valence electrons. The summed E-state index contributed by atoms with van der Waals surface area (Å²) in [5.74, 6) is 1.79. The van der Waals surface area contributed by atoms with Crippen molar-refractivity contribution in [1.29, 1.82) is 0 Å². The summed E-state index contributed by atoms with van der Waals surface area (Å²) >= 11 is 0. The van der Waals surface area contributed by atoms with E-state index in [0.29, 0.717) is 6.61 Å². The van der Waals surface area contributed by atoms with Crippen molar-refractivity contribution >= 4 is 0 Å². The van der Waals surface area contributed by atoms with Crippen LogP contribution in [-0.2, 0) is 17.6 Å². The zero-order valence-corrected chi connectivity index (χ0v) is 11.5. The van der Waals surface area contributed by atoms with E-state index in [0.717, 1.165) is 30.9 Å². The van der Waals surface area contributed by atoms with Gasteiger partial charge < -0.3 is 14.2 Å². The van der Waals surface area contributed by atoms with E-state index in [1.165, 1.54) is 17.5 Å². The highest BCUT2D eigenvalue weighted by molar-refractivity contribution is 5.52.